The summed E-state index contributed by atoms with van der Waals surface area (Å²) >= 11 is 0. The first kappa shape index (κ1) is 23.0. The standard InChI is InChI=1S/C18H34N4O.2ClH/c1-21-9-7-16(8-10-21)22-11-5-15(6-12-22)20-18(23)17-4-2-3-14(17)13-19;;/h14-17H,2-13,19H2,1H3,(H,20,23);2*1H/t14-,17-;;/m1../s1. The van der Waals surface area contributed by atoms with E-state index in [1.807, 2.05) is 0 Å². The van der Waals surface area contributed by atoms with Crippen LogP contribution >= 0.6 is 24.8 Å². The molecule has 2 heterocycles. The van der Waals surface area contributed by atoms with E-state index < -0.39 is 0 Å². The molecule has 1 aliphatic carbocycles. The van der Waals surface area contributed by atoms with Crippen molar-refractivity contribution >= 4 is 30.7 Å². The molecule has 0 spiro atoms. The van der Waals surface area contributed by atoms with Crippen molar-refractivity contribution in [3.05, 3.63) is 0 Å². The number of nitrogens with one attached hydrogen (secondary N) is 1. The van der Waals surface area contributed by atoms with Crippen LogP contribution in [0, 0.1) is 11.8 Å². The van der Waals surface area contributed by atoms with Gasteiger partial charge in [0.2, 0.25) is 5.91 Å². The van der Waals surface area contributed by atoms with Gasteiger partial charge in [-0.25, -0.2) is 0 Å². The number of nitrogens with zero attached hydrogens (tertiary/aromatic N) is 2. The number of nitrogens with two attached hydrogens (primary N) is 1. The monoisotopic (exact) mass is 394 g/mol. The highest BCUT2D eigenvalue weighted by molar-refractivity contribution is 5.85. The van der Waals surface area contributed by atoms with E-state index in [9.17, 15) is 4.79 Å². The molecule has 1 saturated carbocycles. The molecule has 148 valence electrons. The van der Waals surface area contributed by atoms with Gasteiger partial charge in [-0.05, 0) is 71.1 Å². The highest BCUT2D eigenvalue weighted by Gasteiger charge is 2.34. The van der Waals surface area contributed by atoms with Crippen LogP contribution < -0.4 is 11.1 Å². The molecule has 0 bridgehead atoms. The summed E-state index contributed by atoms with van der Waals surface area (Å²) in [6.45, 7) is 5.40. The Morgan fingerprint density at radius 3 is 2.24 bits per heavy atom. The molecule has 25 heavy (non-hydrogen) atoms. The Kier molecular flexibility index (Phi) is 10.0. The van der Waals surface area contributed by atoms with Gasteiger partial charge in [0.05, 0.1) is 0 Å². The van der Waals surface area contributed by atoms with Crippen LogP contribution in [0.3, 0.4) is 0 Å². The Bertz CT molecular complexity index is 397. The van der Waals surface area contributed by atoms with Crippen LogP contribution in [0.4, 0.5) is 0 Å². The highest BCUT2D eigenvalue weighted by Crippen LogP contribution is 2.31. The Labute approximate surface area is 165 Å². The molecule has 0 radical (unpaired) electrons. The smallest absolute Gasteiger partial charge is 0.223 e. The molecule has 2 saturated heterocycles. The molecular formula is C18H36Cl2N4O. The number of hydrogen-bond donors (Lipinski definition) is 2. The van der Waals surface area contributed by atoms with Crippen molar-refractivity contribution in [2.75, 3.05) is 39.8 Å². The molecule has 5 nitrogen and oxygen atoms in total. The quantitative estimate of drug-likeness (QED) is 0.763. The Morgan fingerprint density at radius 2 is 1.64 bits per heavy atom. The van der Waals surface area contributed by atoms with Gasteiger partial charge in [0.1, 0.15) is 0 Å². The van der Waals surface area contributed by atoms with E-state index in [2.05, 4.69) is 22.2 Å². The third-order valence-corrected chi connectivity index (χ3v) is 6.38. The minimum Gasteiger partial charge on any atom is -0.353 e. The second-order valence-electron chi connectivity index (χ2n) is 7.89. The molecular weight excluding hydrogens is 359 g/mol. The van der Waals surface area contributed by atoms with Gasteiger partial charge in [0.15, 0.2) is 0 Å². The molecule has 1 amide bonds. The zero-order chi connectivity index (χ0) is 16.2. The molecule has 3 rings (SSSR count). The van der Waals surface area contributed by atoms with E-state index in [1.165, 1.54) is 25.9 Å². The van der Waals surface area contributed by atoms with Crippen LogP contribution in [0.5, 0.6) is 0 Å². The van der Waals surface area contributed by atoms with Crippen molar-refractivity contribution in [3.8, 4) is 0 Å². The number of halogens is 2. The summed E-state index contributed by atoms with van der Waals surface area (Å²) in [5.41, 5.74) is 5.82. The summed E-state index contributed by atoms with van der Waals surface area (Å²) in [5, 5.41) is 3.33. The highest BCUT2D eigenvalue weighted by atomic mass is 35.5. The molecule has 0 aromatic heterocycles. The lowest BCUT2D eigenvalue weighted by atomic mass is 9.93. The molecule has 0 aromatic carbocycles. The van der Waals surface area contributed by atoms with E-state index in [0.29, 0.717) is 18.5 Å². The molecule has 3 fully saturated rings. The van der Waals surface area contributed by atoms with Gasteiger partial charge < -0.3 is 20.9 Å². The number of hydrogen-bond acceptors (Lipinski definition) is 4. The van der Waals surface area contributed by atoms with Gasteiger partial charge in [0, 0.05) is 31.1 Å². The average Bonchev–Trinajstić information content (AvgIpc) is 3.05. The third-order valence-electron chi connectivity index (χ3n) is 6.38. The predicted octanol–water partition coefficient (Wildman–Crippen LogP) is 1.88. The van der Waals surface area contributed by atoms with Crippen molar-refractivity contribution in [1.29, 1.82) is 0 Å². The topological polar surface area (TPSA) is 61.6 Å². The van der Waals surface area contributed by atoms with E-state index in [-0.39, 0.29) is 36.6 Å². The summed E-state index contributed by atoms with van der Waals surface area (Å²) in [5.74, 6) is 0.858. The van der Waals surface area contributed by atoms with Crippen molar-refractivity contribution < 1.29 is 4.79 Å². The number of likely N-dealkylation sites (tertiary alicyclic amines) is 2. The molecule has 3 aliphatic rings. The van der Waals surface area contributed by atoms with Gasteiger partial charge in [-0.15, -0.1) is 24.8 Å². The minimum atomic E-state index is 0. The maximum absolute atomic E-state index is 12.5. The van der Waals surface area contributed by atoms with Crippen LogP contribution in [0.15, 0.2) is 0 Å². The molecule has 3 N–H and O–H groups in total. The first-order valence-electron chi connectivity index (χ1n) is 9.60. The van der Waals surface area contributed by atoms with Gasteiger partial charge in [0.25, 0.3) is 0 Å². The van der Waals surface area contributed by atoms with E-state index >= 15 is 0 Å². The largest absolute Gasteiger partial charge is 0.353 e. The van der Waals surface area contributed by atoms with Crippen LogP contribution in [0.2, 0.25) is 0 Å². The van der Waals surface area contributed by atoms with E-state index in [0.717, 1.165) is 51.2 Å². The van der Waals surface area contributed by atoms with Crippen LogP contribution in [-0.4, -0.2) is 67.6 Å². The van der Waals surface area contributed by atoms with Crippen molar-refractivity contribution in [2.24, 2.45) is 17.6 Å². The normalized spacial score (nSPS) is 29.7. The fraction of sp³-hybridized carbons (Fsp3) is 0.944. The number of carbonyl (C=O) groups is 1. The minimum absolute atomic E-state index is 0. The lowest BCUT2D eigenvalue weighted by Crippen LogP contribution is -2.51. The molecule has 2 atom stereocenters. The first-order chi connectivity index (χ1) is 11.2. The summed E-state index contributed by atoms with van der Waals surface area (Å²) in [6.07, 6.45) is 8.14. The average molecular weight is 395 g/mol. The summed E-state index contributed by atoms with van der Waals surface area (Å²) in [4.78, 5) is 17.6. The lowest BCUT2D eigenvalue weighted by Gasteiger charge is -2.41. The Morgan fingerprint density at radius 1 is 1.00 bits per heavy atom. The summed E-state index contributed by atoms with van der Waals surface area (Å²) in [7, 11) is 2.22. The molecule has 0 unspecified atom stereocenters. The van der Waals surface area contributed by atoms with Crippen LogP contribution in [-0.2, 0) is 4.79 Å². The van der Waals surface area contributed by atoms with Crippen molar-refractivity contribution in [2.45, 2.75) is 57.0 Å². The summed E-state index contributed by atoms with van der Waals surface area (Å²) < 4.78 is 0. The SMILES string of the molecule is CN1CCC(N2CCC(NC(=O)[C@@H]3CCC[C@@H]3CN)CC2)CC1.Cl.Cl. The molecule has 7 heteroatoms. The van der Waals surface area contributed by atoms with Gasteiger partial charge >= 0.3 is 0 Å². The number of piperidine rings is 2. The van der Waals surface area contributed by atoms with E-state index in [4.69, 9.17) is 5.73 Å². The summed E-state index contributed by atoms with van der Waals surface area (Å²) in [6, 6.07) is 1.14. The van der Waals surface area contributed by atoms with Crippen LogP contribution in [0.1, 0.15) is 44.9 Å². The van der Waals surface area contributed by atoms with Crippen molar-refractivity contribution in [3.63, 3.8) is 0 Å². The Balaban J connectivity index is 0.00000156. The zero-order valence-electron chi connectivity index (χ0n) is 15.5. The fourth-order valence-electron chi connectivity index (χ4n) is 4.74. The van der Waals surface area contributed by atoms with Gasteiger partial charge in [-0.1, -0.05) is 6.42 Å². The predicted molar refractivity (Wildman–Crippen MR) is 108 cm³/mol. The zero-order valence-corrected chi connectivity index (χ0v) is 17.1. The second-order valence-corrected chi connectivity index (χ2v) is 7.89. The lowest BCUT2D eigenvalue weighted by molar-refractivity contribution is -0.127. The van der Waals surface area contributed by atoms with E-state index in [1.54, 1.807) is 0 Å². The molecule has 2 aliphatic heterocycles. The van der Waals surface area contributed by atoms with Gasteiger partial charge in [-0.2, -0.15) is 0 Å². The maximum atomic E-state index is 12.5. The third kappa shape index (κ3) is 5.96. The number of rotatable bonds is 4. The number of amides is 1. The maximum Gasteiger partial charge on any atom is 0.223 e. The van der Waals surface area contributed by atoms with Crippen molar-refractivity contribution in [1.82, 2.24) is 15.1 Å². The first-order valence-corrected chi connectivity index (χ1v) is 9.60. The fourth-order valence-corrected chi connectivity index (χ4v) is 4.74. The van der Waals surface area contributed by atoms with Crippen LogP contribution in [0.25, 0.3) is 0 Å². The van der Waals surface area contributed by atoms with Gasteiger partial charge in [-0.3, -0.25) is 4.79 Å². The molecule has 0 aromatic rings. The number of carbonyl (C=O) groups excluding carboxylic acids is 1. The Hall–Kier alpha value is -0.0700. The second kappa shape index (κ2) is 10.9.